The van der Waals surface area contributed by atoms with Gasteiger partial charge in [-0.3, -0.25) is 9.59 Å². The second-order valence-corrected chi connectivity index (χ2v) is 6.42. The molecule has 2 heterocycles. The molecule has 0 bridgehead atoms. The maximum atomic E-state index is 12.2. The first-order chi connectivity index (χ1) is 9.38. The monoisotopic (exact) mass is 310 g/mol. The predicted octanol–water partition coefficient (Wildman–Crippen LogP) is 3.15. The van der Waals surface area contributed by atoms with E-state index < -0.39 is 0 Å². The van der Waals surface area contributed by atoms with Crippen LogP contribution >= 0.6 is 22.9 Å². The summed E-state index contributed by atoms with van der Waals surface area (Å²) in [5.74, 6) is -0.408. The number of aryl methyl sites for hydroxylation is 2. The minimum absolute atomic E-state index is 0.0985. The van der Waals surface area contributed by atoms with Crippen LogP contribution in [0.5, 0.6) is 0 Å². The predicted molar refractivity (Wildman–Crippen MR) is 82.8 cm³/mol. The molecule has 0 aliphatic heterocycles. The Bertz CT molecular complexity index is 705. The molecule has 0 aliphatic rings. The molecule has 20 heavy (non-hydrogen) atoms. The van der Waals surface area contributed by atoms with E-state index in [1.165, 1.54) is 22.0 Å². The van der Waals surface area contributed by atoms with Gasteiger partial charge in [-0.25, -0.2) is 0 Å². The van der Waals surface area contributed by atoms with Crippen LogP contribution in [0, 0.1) is 6.92 Å². The number of carbonyl (C=O) groups is 1. The number of hydrogen-bond donors (Lipinski definition) is 1. The van der Waals surface area contributed by atoms with Gasteiger partial charge in [-0.1, -0.05) is 11.6 Å². The molecule has 1 atom stereocenters. The molecule has 0 aromatic carbocycles. The number of anilines is 1. The molecule has 0 saturated heterocycles. The van der Waals surface area contributed by atoms with Crippen molar-refractivity contribution in [1.82, 2.24) is 4.57 Å². The molecule has 4 nitrogen and oxygen atoms in total. The van der Waals surface area contributed by atoms with Gasteiger partial charge in [-0.2, -0.15) is 0 Å². The van der Waals surface area contributed by atoms with Crippen molar-refractivity contribution in [2.45, 2.75) is 19.8 Å². The normalized spacial score (nSPS) is 12.2. The van der Waals surface area contributed by atoms with Crippen LogP contribution in [0.15, 0.2) is 29.2 Å². The van der Waals surface area contributed by atoms with Crippen LogP contribution in [0.25, 0.3) is 0 Å². The standard InChI is InChI=1S/C14H15ClN2O2S/c1-8-6-13(18)17(3)7-10(8)16-14(19)9(2)11-4-5-12(15)20-11/h4-7,9H,1-3H3,(H,16,19)/t9-/m1/s1. The van der Waals surface area contributed by atoms with Crippen molar-refractivity contribution < 1.29 is 4.79 Å². The maximum absolute atomic E-state index is 12.2. The lowest BCUT2D eigenvalue weighted by molar-refractivity contribution is -0.117. The van der Waals surface area contributed by atoms with E-state index >= 15 is 0 Å². The van der Waals surface area contributed by atoms with Crippen LogP contribution in [0.1, 0.15) is 23.3 Å². The largest absolute Gasteiger partial charge is 0.324 e. The van der Waals surface area contributed by atoms with Crippen molar-refractivity contribution in [3.8, 4) is 0 Å². The van der Waals surface area contributed by atoms with Crippen LogP contribution < -0.4 is 10.9 Å². The van der Waals surface area contributed by atoms with Gasteiger partial charge in [0.05, 0.1) is 15.9 Å². The van der Waals surface area contributed by atoms with Gasteiger partial charge in [-0.15, -0.1) is 11.3 Å². The molecule has 0 aliphatic carbocycles. The molecule has 6 heteroatoms. The third-order valence-electron chi connectivity index (χ3n) is 3.11. The summed E-state index contributed by atoms with van der Waals surface area (Å²) in [5, 5.41) is 2.85. The van der Waals surface area contributed by atoms with Crippen molar-refractivity contribution in [1.29, 1.82) is 0 Å². The quantitative estimate of drug-likeness (QED) is 0.947. The van der Waals surface area contributed by atoms with Crippen LogP contribution in [0.4, 0.5) is 5.69 Å². The minimum Gasteiger partial charge on any atom is -0.324 e. The molecule has 2 aromatic heterocycles. The van der Waals surface area contributed by atoms with Crippen LogP contribution in [-0.2, 0) is 11.8 Å². The average molecular weight is 311 g/mol. The number of carbonyl (C=O) groups excluding carboxylic acids is 1. The zero-order valence-electron chi connectivity index (χ0n) is 11.4. The van der Waals surface area contributed by atoms with E-state index in [1.54, 1.807) is 26.2 Å². The molecular weight excluding hydrogens is 296 g/mol. The smallest absolute Gasteiger partial charge is 0.250 e. The lowest BCUT2D eigenvalue weighted by atomic mass is 10.1. The van der Waals surface area contributed by atoms with E-state index in [4.69, 9.17) is 11.6 Å². The molecule has 0 spiro atoms. The highest BCUT2D eigenvalue weighted by atomic mass is 35.5. The first-order valence-corrected chi connectivity index (χ1v) is 7.31. The molecular formula is C14H15ClN2O2S. The Hall–Kier alpha value is -1.59. The third kappa shape index (κ3) is 3.11. The summed E-state index contributed by atoms with van der Waals surface area (Å²) in [6.45, 7) is 3.62. The third-order valence-corrected chi connectivity index (χ3v) is 4.52. The lowest BCUT2D eigenvalue weighted by Gasteiger charge is -2.13. The van der Waals surface area contributed by atoms with Gasteiger partial charge in [0, 0.05) is 24.2 Å². The highest BCUT2D eigenvalue weighted by Gasteiger charge is 2.18. The Kier molecular flexibility index (Phi) is 4.30. The highest BCUT2D eigenvalue weighted by Crippen LogP contribution is 2.29. The number of hydrogen-bond acceptors (Lipinski definition) is 3. The number of halogens is 1. The second-order valence-electron chi connectivity index (χ2n) is 4.67. The number of pyridine rings is 1. The number of amides is 1. The zero-order chi connectivity index (χ0) is 14.9. The van der Waals surface area contributed by atoms with E-state index in [1.807, 2.05) is 13.0 Å². The fourth-order valence-corrected chi connectivity index (χ4v) is 2.90. The van der Waals surface area contributed by atoms with Gasteiger partial charge in [0.15, 0.2) is 0 Å². The summed E-state index contributed by atoms with van der Waals surface area (Å²) >= 11 is 7.28. The van der Waals surface area contributed by atoms with E-state index in [9.17, 15) is 9.59 Å². The Morgan fingerprint density at radius 1 is 1.45 bits per heavy atom. The molecule has 1 amide bonds. The molecule has 0 unspecified atom stereocenters. The maximum Gasteiger partial charge on any atom is 0.250 e. The number of nitrogens with one attached hydrogen (secondary N) is 1. The van der Waals surface area contributed by atoms with Gasteiger partial charge < -0.3 is 9.88 Å². The SMILES string of the molecule is Cc1cc(=O)n(C)cc1NC(=O)[C@H](C)c1ccc(Cl)s1. The first-order valence-electron chi connectivity index (χ1n) is 6.12. The topological polar surface area (TPSA) is 51.1 Å². The summed E-state index contributed by atoms with van der Waals surface area (Å²) in [5.41, 5.74) is 1.29. The Labute approximate surface area is 126 Å². The van der Waals surface area contributed by atoms with Crippen LogP contribution in [0.2, 0.25) is 4.34 Å². The molecule has 106 valence electrons. The Morgan fingerprint density at radius 3 is 2.75 bits per heavy atom. The molecule has 2 aromatic rings. The average Bonchev–Trinajstić information content (AvgIpc) is 2.81. The number of nitrogens with zero attached hydrogens (tertiary/aromatic N) is 1. The van der Waals surface area contributed by atoms with Crippen molar-refractivity contribution in [3.05, 3.63) is 49.5 Å². The van der Waals surface area contributed by atoms with Gasteiger partial charge in [-0.05, 0) is 31.5 Å². The van der Waals surface area contributed by atoms with E-state index in [-0.39, 0.29) is 17.4 Å². The summed E-state index contributed by atoms with van der Waals surface area (Å²) in [7, 11) is 1.65. The number of rotatable bonds is 3. The molecule has 1 N–H and O–H groups in total. The van der Waals surface area contributed by atoms with Gasteiger partial charge in [0.2, 0.25) is 5.91 Å². The summed E-state index contributed by atoms with van der Waals surface area (Å²) in [4.78, 5) is 24.6. The summed E-state index contributed by atoms with van der Waals surface area (Å²) in [6.07, 6.45) is 1.63. The summed E-state index contributed by atoms with van der Waals surface area (Å²) in [6, 6.07) is 5.13. The fraction of sp³-hybridized carbons (Fsp3) is 0.286. The highest BCUT2D eigenvalue weighted by molar-refractivity contribution is 7.16. The Morgan fingerprint density at radius 2 is 2.15 bits per heavy atom. The van der Waals surface area contributed by atoms with E-state index in [2.05, 4.69) is 5.32 Å². The van der Waals surface area contributed by atoms with Crippen LogP contribution in [-0.4, -0.2) is 10.5 Å². The van der Waals surface area contributed by atoms with E-state index in [0.717, 1.165) is 10.4 Å². The van der Waals surface area contributed by atoms with Crippen molar-refractivity contribution in [2.24, 2.45) is 7.05 Å². The zero-order valence-corrected chi connectivity index (χ0v) is 13.0. The second kappa shape index (κ2) is 5.81. The van der Waals surface area contributed by atoms with E-state index in [0.29, 0.717) is 10.0 Å². The minimum atomic E-state index is -0.288. The van der Waals surface area contributed by atoms with Crippen molar-refractivity contribution in [3.63, 3.8) is 0 Å². The van der Waals surface area contributed by atoms with Crippen LogP contribution in [0.3, 0.4) is 0 Å². The first kappa shape index (κ1) is 14.8. The van der Waals surface area contributed by atoms with Crippen molar-refractivity contribution >= 4 is 34.5 Å². The number of aromatic nitrogens is 1. The fourth-order valence-electron chi connectivity index (χ4n) is 1.79. The number of thiophene rings is 1. The lowest BCUT2D eigenvalue weighted by Crippen LogP contribution is -2.22. The summed E-state index contributed by atoms with van der Waals surface area (Å²) < 4.78 is 2.10. The molecule has 2 rings (SSSR count). The van der Waals surface area contributed by atoms with Gasteiger partial charge >= 0.3 is 0 Å². The molecule has 0 radical (unpaired) electrons. The molecule has 0 fully saturated rings. The van der Waals surface area contributed by atoms with Gasteiger partial charge in [0.1, 0.15) is 0 Å². The Balaban J connectivity index is 2.20. The van der Waals surface area contributed by atoms with Crippen molar-refractivity contribution in [2.75, 3.05) is 5.32 Å². The van der Waals surface area contributed by atoms with Gasteiger partial charge in [0.25, 0.3) is 5.56 Å². The molecule has 0 saturated carbocycles.